The van der Waals surface area contributed by atoms with Crippen molar-refractivity contribution in [1.29, 1.82) is 0 Å². The molecule has 1 aromatic carbocycles. The van der Waals surface area contributed by atoms with Gasteiger partial charge >= 0.3 is 5.97 Å². The fourth-order valence-electron chi connectivity index (χ4n) is 3.52. The summed E-state index contributed by atoms with van der Waals surface area (Å²) < 4.78 is 0. The van der Waals surface area contributed by atoms with E-state index in [0.717, 1.165) is 29.4 Å². The molecule has 1 saturated heterocycles. The van der Waals surface area contributed by atoms with E-state index in [2.05, 4.69) is 4.98 Å². The van der Waals surface area contributed by atoms with E-state index in [1.807, 2.05) is 12.1 Å². The average Bonchev–Trinajstić information content (AvgIpc) is 3.45. The molecule has 1 N–H and O–H groups in total. The van der Waals surface area contributed by atoms with Crippen LogP contribution in [-0.4, -0.2) is 40.0 Å². The lowest BCUT2D eigenvalue weighted by Gasteiger charge is -2.31. The summed E-state index contributed by atoms with van der Waals surface area (Å²) in [5, 5.41) is 10.6. The van der Waals surface area contributed by atoms with Crippen molar-refractivity contribution < 1.29 is 14.7 Å². The van der Waals surface area contributed by atoms with Gasteiger partial charge in [-0.2, -0.15) is 0 Å². The number of aliphatic carboxylic acids is 1. The van der Waals surface area contributed by atoms with E-state index in [9.17, 15) is 14.7 Å². The van der Waals surface area contributed by atoms with Crippen LogP contribution in [0, 0.1) is 5.92 Å². The number of likely N-dealkylation sites (tertiary alicyclic amines) is 1. The van der Waals surface area contributed by atoms with E-state index in [-0.39, 0.29) is 12.5 Å². The van der Waals surface area contributed by atoms with Gasteiger partial charge < -0.3 is 10.0 Å². The molecular weight excluding hydrogens is 340 g/mol. The second-order valence-corrected chi connectivity index (χ2v) is 7.40. The monoisotopic (exact) mass is 358 g/mol. The van der Waals surface area contributed by atoms with Crippen molar-refractivity contribution in [1.82, 2.24) is 9.88 Å². The summed E-state index contributed by atoms with van der Waals surface area (Å²) in [5.41, 5.74) is 2.30. The van der Waals surface area contributed by atoms with Crippen LogP contribution in [0.25, 0.3) is 10.9 Å². The second-order valence-electron chi connectivity index (χ2n) is 6.96. The fraction of sp³-hybridized carbons (Fsp3) is 0.421. The molecule has 1 aliphatic heterocycles. The number of hydrogen-bond acceptors (Lipinski definition) is 3. The fourth-order valence-corrected chi connectivity index (χ4v) is 3.69. The molecule has 2 aliphatic rings. The lowest BCUT2D eigenvalue weighted by Crippen LogP contribution is -2.42. The molecule has 25 heavy (non-hydrogen) atoms. The van der Waals surface area contributed by atoms with E-state index in [1.165, 1.54) is 0 Å². The summed E-state index contributed by atoms with van der Waals surface area (Å²) >= 11 is 6.13. The lowest BCUT2D eigenvalue weighted by atomic mass is 9.97. The SMILES string of the molecule is O=C(O)[C@H]1CCCN(C(=O)c2cc(C3CC3)nc3ccc(Cl)cc23)C1. The molecule has 2 heterocycles. The molecule has 0 bridgehead atoms. The molecule has 2 fully saturated rings. The maximum absolute atomic E-state index is 13.2. The van der Waals surface area contributed by atoms with Crippen molar-refractivity contribution in [3.05, 3.63) is 40.5 Å². The van der Waals surface area contributed by atoms with Gasteiger partial charge in [-0.25, -0.2) is 0 Å². The average molecular weight is 359 g/mol. The zero-order chi connectivity index (χ0) is 17.6. The molecule has 0 spiro atoms. The molecule has 5 nitrogen and oxygen atoms in total. The minimum atomic E-state index is -0.834. The summed E-state index contributed by atoms with van der Waals surface area (Å²) in [6.07, 6.45) is 3.53. The van der Waals surface area contributed by atoms with Gasteiger partial charge in [0.1, 0.15) is 0 Å². The number of carboxylic acid groups (broad SMARTS) is 1. The number of rotatable bonds is 3. The highest BCUT2D eigenvalue weighted by Gasteiger charge is 2.31. The number of aromatic nitrogens is 1. The van der Waals surface area contributed by atoms with Gasteiger partial charge in [-0.3, -0.25) is 14.6 Å². The summed E-state index contributed by atoms with van der Waals surface area (Å²) in [6.45, 7) is 0.850. The maximum Gasteiger partial charge on any atom is 0.308 e. The van der Waals surface area contributed by atoms with Gasteiger partial charge in [0, 0.05) is 35.1 Å². The summed E-state index contributed by atoms with van der Waals surface area (Å²) in [5.74, 6) is -1.02. The Hall–Kier alpha value is -2.14. The van der Waals surface area contributed by atoms with Crippen molar-refractivity contribution in [3.8, 4) is 0 Å². The first-order chi connectivity index (χ1) is 12.0. The van der Waals surface area contributed by atoms with Crippen LogP contribution in [0.5, 0.6) is 0 Å². The van der Waals surface area contributed by atoms with E-state index in [1.54, 1.807) is 17.0 Å². The predicted molar refractivity (Wildman–Crippen MR) is 95.0 cm³/mol. The lowest BCUT2D eigenvalue weighted by molar-refractivity contribution is -0.143. The third-order valence-electron chi connectivity index (χ3n) is 5.07. The number of amides is 1. The largest absolute Gasteiger partial charge is 0.481 e. The highest BCUT2D eigenvalue weighted by atomic mass is 35.5. The van der Waals surface area contributed by atoms with Crippen LogP contribution >= 0.6 is 11.6 Å². The molecule has 4 rings (SSSR count). The molecule has 130 valence electrons. The minimum Gasteiger partial charge on any atom is -0.481 e. The van der Waals surface area contributed by atoms with Crippen LogP contribution in [0.4, 0.5) is 0 Å². The van der Waals surface area contributed by atoms with Gasteiger partial charge in [0.2, 0.25) is 0 Å². The molecule has 1 atom stereocenters. The first-order valence-corrected chi connectivity index (χ1v) is 9.03. The molecule has 1 aromatic heterocycles. The molecule has 1 amide bonds. The number of pyridine rings is 1. The van der Waals surface area contributed by atoms with Crippen molar-refractivity contribution >= 4 is 34.4 Å². The normalized spacial score (nSPS) is 20.7. The van der Waals surface area contributed by atoms with E-state index < -0.39 is 11.9 Å². The van der Waals surface area contributed by atoms with Crippen molar-refractivity contribution in [2.24, 2.45) is 5.92 Å². The zero-order valence-corrected chi connectivity index (χ0v) is 14.5. The Morgan fingerprint density at radius 2 is 2.00 bits per heavy atom. The van der Waals surface area contributed by atoms with Gasteiger partial charge in [0.25, 0.3) is 5.91 Å². The summed E-state index contributed by atoms with van der Waals surface area (Å²) in [6, 6.07) is 7.27. The summed E-state index contributed by atoms with van der Waals surface area (Å²) in [7, 11) is 0. The van der Waals surface area contributed by atoms with E-state index in [4.69, 9.17) is 11.6 Å². The van der Waals surface area contributed by atoms with Crippen molar-refractivity contribution in [2.75, 3.05) is 13.1 Å². The highest BCUT2D eigenvalue weighted by molar-refractivity contribution is 6.31. The molecule has 0 radical (unpaired) electrons. The highest BCUT2D eigenvalue weighted by Crippen LogP contribution is 2.40. The number of carbonyl (C=O) groups is 2. The van der Waals surface area contributed by atoms with Gasteiger partial charge in [-0.15, -0.1) is 0 Å². The smallest absolute Gasteiger partial charge is 0.308 e. The van der Waals surface area contributed by atoms with Gasteiger partial charge in [-0.1, -0.05) is 11.6 Å². The number of hydrogen-bond donors (Lipinski definition) is 1. The molecular formula is C19H19ClN2O3. The van der Waals surface area contributed by atoms with Crippen LogP contribution < -0.4 is 0 Å². The minimum absolute atomic E-state index is 0.123. The van der Waals surface area contributed by atoms with Crippen LogP contribution in [-0.2, 0) is 4.79 Å². The van der Waals surface area contributed by atoms with E-state index in [0.29, 0.717) is 35.9 Å². The quantitative estimate of drug-likeness (QED) is 0.908. The number of benzene rings is 1. The predicted octanol–water partition coefficient (Wildman–Crippen LogP) is 3.70. The van der Waals surface area contributed by atoms with Gasteiger partial charge in [0.15, 0.2) is 0 Å². The standard InChI is InChI=1S/C19H19ClN2O3/c20-13-5-6-16-14(8-13)15(9-17(21-16)11-3-4-11)18(23)22-7-1-2-12(10-22)19(24)25/h5-6,8-9,11-12H,1-4,7,10H2,(H,24,25)/t12-/m0/s1. The number of carboxylic acids is 1. The molecule has 1 saturated carbocycles. The number of piperidine rings is 1. The Kier molecular flexibility index (Phi) is 4.12. The Labute approximate surface area is 150 Å². The topological polar surface area (TPSA) is 70.5 Å². The first kappa shape index (κ1) is 16.3. The van der Waals surface area contributed by atoms with E-state index >= 15 is 0 Å². The zero-order valence-electron chi connectivity index (χ0n) is 13.7. The first-order valence-electron chi connectivity index (χ1n) is 8.65. The number of carbonyl (C=O) groups excluding carboxylic acids is 1. The summed E-state index contributed by atoms with van der Waals surface area (Å²) in [4.78, 5) is 30.8. The Morgan fingerprint density at radius 1 is 1.20 bits per heavy atom. The molecule has 1 aliphatic carbocycles. The Morgan fingerprint density at radius 3 is 2.72 bits per heavy atom. The molecule has 2 aromatic rings. The maximum atomic E-state index is 13.2. The van der Waals surface area contributed by atoms with Crippen molar-refractivity contribution in [3.63, 3.8) is 0 Å². The number of nitrogens with zero attached hydrogens (tertiary/aromatic N) is 2. The third-order valence-corrected chi connectivity index (χ3v) is 5.31. The number of halogens is 1. The van der Waals surface area contributed by atoms with Crippen LogP contribution in [0.3, 0.4) is 0 Å². The Bertz CT molecular complexity index is 863. The Balaban J connectivity index is 1.75. The van der Waals surface area contributed by atoms with Crippen LogP contribution in [0.1, 0.15) is 47.7 Å². The van der Waals surface area contributed by atoms with Gasteiger partial charge in [-0.05, 0) is 49.9 Å². The molecule has 0 unspecified atom stereocenters. The van der Waals surface area contributed by atoms with Crippen LogP contribution in [0.2, 0.25) is 5.02 Å². The number of fused-ring (bicyclic) bond motifs is 1. The second kappa shape index (κ2) is 6.30. The van der Waals surface area contributed by atoms with Crippen molar-refractivity contribution in [2.45, 2.75) is 31.6 Å². The van der Waals surface area contributed by atoms with Crippen LogP contribution in [0.15, 0.2) is 24.3 Å². The molecule has 6 heteroatoms. The third kappa shape index (κ3) is 3.21. The van der Waals surface area contributed by atoms with Gasteiger partial charge in [0.05, 0.1) is 17.0 Å².